The van der Waals surface area contributed by atoms with Crippen LogP contribution in [0.25, 0.3) is 0 Å². The fourth-order valence-electron chi connectivity index (χ4n) is 3.41. The molecule has 1 unspecified atom stereocenters. The number of rotatable bonds is 2. The van der Waals surface area contributed by atoms with E-state index in [0.29, 0.717) is 29.2 Å². The van der Waals surface area contributed by atoms with E-state index in [1.54, 1.807) is 23.1 Å². The van der Waals surface area contributed by atoms with Crippen LogP contribution < -0.4 is 15.4 Å². The first-order valence-corrected chi connectivity index (χ1v) is 7.56. The molecular formula is C16H13ClN3O3-. The van der Waals surface area contributed by atoms with E-state index in [1.807, 2.05) is 12.1 Å². The highest BCUT2D eigenvalue weighted by Gasteiger charge is 2.52. The average molecular weight is 331 g/mol. The molecule has 2 heterocycles. The van der Waals surface area contributed by atoms with Gasteiger partial charge in [0.25, 0.3) is 0 Å². The Labute approximate surface area is 137 Å². The van der Waals surface area contributed by atoms with Crippen molar-refractivity contribution < 1.29 is 10.0 Å². The van der Waals surface area contributed by atoms with Gasteiger partial charge in [-0.1, -0.05) is 23.7 Å². The van der Waals surface area contributed by atoms with Gasteiger partial charge in [0, 0.05) is 17.9 Å². The van der Waals surface area contributed by atoms with Gasteiger partial charge in [0.1, 0.15) is 5.66 Å². The van der Waals surface area contributed by atoms with Crippen molar-refractivity contribution in [3.63, 3.8) is 0 Å². The zero-order chi connectivity index (χ0) is 16.2. The number of hydrogen-bond acceptors (Lipinski definition) is 5. The van der Waals surface area contributed by atoms with Crippen molar-refractivity contribution in [2.75, 3.05) is 15.4 Å². The standard InChI is InChI=1S/C16H13ClN3O3/c17-11-3-1-10(2-4-11)16-8-7-15(21)19(16)14-6-5-12(20(22)23)9-13(14)18-16/h1-6,9,18,22H,7-8H2/q-1. The van der Waals surface area contributed by atoms with E-state index in [9.17, 15) is 10.0 Å². The lowest BCUT2D eigenvalue weighted by Gasteiger charge is -2.33. The highest BCUT2D eigenvalue weighted by atomic mass is 35.5. The summed E-state index contributed by atoms with van der Waals surface area (Å²) in [7, 11) is 0. The summed E-state index contributed by atoms with van der Waals surface area (Å²) in [6.07, 6.45) is 1.04. The lowest BCUT2D eigenvalue weighted by molar-refractivity contribution is -0.117. The Hall–Kier alpha value is -2.28. The maximum absolute atomic E-state index is 12.4. The Bertz CT molecular complexity index is 794. The maximum Gasteiger partial charge on any atom is 0.229 e. The molecule has 4 rings (SSSR count). The molecule has 2 aromatic carbocycles. The minimum absolute atomic E-state index is 0.0157. The zero-order valence-electron chi connectivity index (χ0n) is 12.0. The summed E-state index contributed by atoms with van der Waals surface area (Å²) >= 11 is 5.96. The highest BCUT2D eigenvalue weighted by Crippen LogP contribution is 2.52. The second-order valence-corrected chi connectivity index (χ2v) is 6.13. The number of fused-ring (bicyclic) bond motifs is 3. The topological polar surface area (TPSA) is 78.9 Å². The molecule has 23 heavy (non-hydrogen) atoms. The van der Waals surface area contributed by atoms with Crippen LogP contribution in [0.2, 0.25) is 5.02 Å². The molecule has 118 valence electrons. The summed E-state index contributed by atoms with van der Waals surface area (Å²) in [4.78, 5) is 14.1. The predicted molar refractivity (Wildman–Crippen MR) is 87.5 cm³/mol. The van der Waals surface area contributed by atoms with E-state index < -0.39 is 5.66 Å². The van der Waals surface area contributed by atoms with Gasteiger partial charge in [0.2, 0.25) is 5.91 Å². The third-order valence-corrected chi connectivity index (χ3v) is 4.69. The van der Waals surface area contributed by atoms with E-state index in [0.717, 1.165) is 5.56 Å². The van der Waals surface area contributed by atoms with Crippen molar-refractivity contribution >= 4 is 34.6 Å². The van der Waals surface area contributed by atoms with E-state index in [2.05, 4.69) is 5.32 Å². The molecule has 1 fully saturated rings. The van der Waals surface area contributed by atoms with Gasteiger partial charge in [0.15, 0.2) is 0 Å². The van der Waals surface area contributed by atoms with Gasteiger partial charge in [-0.15, -0.1) is 0 Å². The van der Waals surface area contributed by atoms with Gasteiger partial charge in [-0.05, 0) is 35.9 Å². The molecule has 6 nitrogen and oxygen atoms in total. The first kappa shape index (κ1) is 14.3. The minimum atomic E-state index is -0.675. The van der Waals surface area contributed by atoms with Crippen LogP contribution in [-0.4, -0.2) is 11.1 Å². The van der Waals surface area contributed by atoms with E-state index in [-0.39, 0.29) is 16.8 Å². The third-order valence-electron chi connectivity index (χ3n) is 4.44. The highest BCUT2D eigenvalue weighted by molar-refractivity contribution is 6.30. The average Bonchev–Trinajstić information content (AvgIpc) is 3.03. The molecule has 2 N–H and O–H groups in total. The second kappa shape index (κ2) is 4.86. The number of nitrogens with one attached hydrogen (secondary N) is 1. The fourth-order valence-corrected chi connectivity index (χ4v) is 3.54. The number of anilines is 3. The van der Waals surface area contributed by atoms with Crippen LogP contribution in [0.3, 0.4) is 0 Å². The molecule has 2 aliphatic rings. The largest absolute Gasteiger partial charge is 0.733 e. The Morgan fingerprint density at radius 2 is 2.00 bits per heavy atom. The smallest absolute Gasteiger partial charge is 0.229 e. The molecule has 1 amide bonds. The number of halogens is 1. The molecule has 0 aliphatic carbocycles. The Balaban J connectivity index is 1.85. The molecule has 0 spiro atoms. The molecule has 7 heteroatoms. The third kappa shape index (κ3) is 1.99. The quantitative estimate of drug-likeness (QED) is 0.825. The van der Waals surface area contributed by atoms with Crippen LogP contribution >= 0.6 is 11.6 Å². The number of hydrogen-bond donors (Lipinski definition) is 2. The van der Waals surface area contributed by atoms with Gasteiger partial charge in [-0.2, -0.15) is 0 Å². The van der Waals surface area contributed by atoms with Crippen LogP contribution in [0.1, 0.15) is 18.4 Å². The second-order valence-electron chi connectivity index (χ2n) is 5.70. The molecule has 0 bridgehead atoms. The van der Waals surface area contributed by atoms with Crippen molar-refractivity contribution in [3.8, 4) is 0 Å². The number of carbonyl (C=O) groups excluding carboxylic acids is 1. The SMILES string of the molecule is O=C1CCC2(c3ccc(Cl)cc3)Nc3cc(N([O-])O)ccc3N12. The number of carbonyl (C=O) groups is 1. The van der Waals surface area contributed by atoms with E-state index in [4.69, 9.17) is 16.8 Å². The number of nitrogens with zero attached hydrogens (tertiary/aromatic N) is 2. The lowest BCUT2D eigenvalue weighted by atomic mass is 9.97. The first-order chi connectivity index (χ1) is 11.0. The van der Waals surface area contributed by atoms with Crippen LogP contribution in [0.15, 0.2) is 42.5 Å². The molecule has 2 aromatic rings. The van der Waals surface area contributed by atoms with Gasteiger partial charge in [-0.25, -0.2) is 0 Å². The van der Waals surface area contributed by atoms with Gasteiger partial charge < -0.3 is 15.8 Å². The molecule has 0 saturated carbocycles. The maximum atomic E-state index is 12.4. The predicted octanol–water partition coefficient (Wildman–Crippen LogP) is 3.44. The Morgan fingerprint density at radius 1 is 1.26 bits per heavy atom. The van der Waals surface area contributed by atoms with Crippen LogP contribution in [0.4, 0.5) is 17.1 Å². The van der Waals surface area contributed by atoms with Crippen molar-refractivity contribution in [2.24, 2.45) is 0 Å². The van der Waals surface area contributed by atoms with E-state index >= 15 is 0 Å². The molecular weight excluding hydrogens is 318 g/mol. The molecule has 0 radical (unpaired) electrons. The molecule has 1 atom stereocenters. The Morgan fingerprint density at radius 3 is 2.70 bits per heavy atom. The summed E-state index contributed by atoms with van der Waals surface area (Å²) in [6.45, 7) is 0. The summed E-state index contributed by atoms with van der Waals surface area (Å²) in [6, 6.07) is 12.0. The lowest BCUT2D eigenvalue weighted by Crippen LogP contribution is -2.44. The van der Waals surface area contributed by atoms with Crippen molar-refractivity contribution in [1.29, 1.82) is 0 Å². The summed E-state index contributed by atoms with van der Waals surface area (Å²) < 4.78 is 0. The first-order valence-electron chi connectivity index (χ1n) is 7.19. The molecule has 1 saturated heterocycles. The van der Waals surface area contributed by atoms with Crippen LogP contribution in [0, 0.1) is 5.21 Å². The normalized spacial score (nSPS) is 21.9. The van der Waals surface area contributed by atoms with E-state index in [1.165, 1.54) is 12.1 Å². The fraction of sp³-hybridized carbons (Fsp3) is 0.188. The van der Waals surface area contributed by atoms with Crippen LogP contribution in [0.5, 0.6) is 0 Å². The number of benzene rings is 2. The molecule has 0 aromatic heterocycles. The zero-order valence-corrected chi connectivity index (χ0v) is 12.7. The summed E-state index contributed by atoms with van der Waals surface area (Å²) in [5.74, 6) is 0.0157. The Kier molecular flexibility index (Phi) is 3.02. The van der Waals surface area contributed by atoms with Crippen molar-refractivity contribution in [3.05, 3.63) is 58.3 Å². The van der Waals surface area contributed by atoms with Gasteiger partial charge in [0.05, 0.1) is 17.1 Å². The molecule has 2 aliphatic heterocycles. The number of amides is 1. The van der Waals surface area contributed by atoms with Gasteiger partial charge in [-0.3, -0.25) is 14.9 Å². The van der Waals surface area contributed by atoms with Crippen LogP contribution in [-0.2, 0) is 10.5 Å². The summed E-state index contributed by atoms with van der Waals surface area (Å²) in [5, 5.41) is 24.0. The van der Waals surface area contributed by atoms with Crippen molar-refractivity contribution in [2.45, 2.75) is 18.5 Å². The van der Waals surface area contributed by atoms with Crippen molar-refractivity contribution in [1.82, 2.24) is 0 Å². The monoisotopic (exact) mass is 330 g/mol. The summed E-state index contributed by atoms with van der Waals surface area (Å²) in [5.41, 5.74) is 1.70. The minimum Gasteiger partial charge on any atom is -0.733 e. The van der Waals surface area contributed by atoms with Gasteiger partial charge >= 0.3 is 0 Å².